The van der Waals surface area contributed by atoms with Crippen molar-refractivity contribution in [2.75, 3.05) is 0 Å². The van der Waals surface area contributed by atoms with Gasteiger partial charge in [0.15, 0.2) is 5.78 Å². The van der Waals surface area contributed by atoms with Gasteiger partial charge in [-0.25, -0.2) is 0 Å². The van der Waals surface area contributed by atoms with Crippen LogP contribution in [0, 0.1) is 0 Å². The molecule has 27 heavy (non-hydrogen) atoms. The van der Waals surface area contributed by atoms with Crippen molar-refractivity contribution in [1.82, 2.24) is 4.90 Å². The standard InChI is InChI=1S/C24H23NO2/c26-23(22-14-8-3-9-15-22)16-17-24(27)25(18-20-10-4-1-5-11-20)19-21-12-6-2-7-13-21/h1-15H,16-19H2. The molecule has 0 aliphatic rings. The number of nitrogens with zero attached hydrogens (tertiary/aromatic N) is 1. The van der Waals surface area contributed by atoms with Crippen LogP contribution >= 0.6 is 0 Å². The predicted molar refractivity (Wildman–Crippen MR) is 107 cm³/mol. The van der Waals surface area contributed by atoms with Crippen molar-refractivity contribution >= 4 is 11.7 Å². The van der Waals surface area contributed by atoms with E-state index < -0.39 is 0 Å². The number of ketones is 1. The molecule has 3 aromatic carbocycles. The molecule has 1 amide bonds. The Morgan fingerprint density at radius 3 is 1.52 bits per heavy atom. The first-order valence-corrected chi connectivity index (χ1v) is 9.16. The lowest BCUT2D eigenvalue weighted by atomic mass is 10.1. The number of amides is 1. The zero-order valence-electron chi connectivity index (χ0n) is 15.3. The van der Waals surface area contributed by atoms with Gasteiger partial charge in [0, 0.05) is 31.5 Å². The molecule has 0 saturated heterocycles. The van der Waals surface area contributed by atoms with Crippen molar-refractivity contribution in [2.24, 2.45) is 0 Å². The Balaban J connectivity index is 1.67. The van der Waals surface area contributed by atoms with Gasteiger partial charge in [-0.05, 0) is 11.1 Å². The lowest BCUT2D eigenvalue weighted by Gasteiger charge is -2.23. The second-order valence-electron chi connectivity index (χ2n) is 6.51. The smallest absolute Gasteiger partial charge is 0.223 e. The van der Waals surface area contributed by atoms with Crippen molar-refractivity contribution in [3.63, 3.8) is 0 Å². The summed E-state index contributed by atoms with van der Waals surface area (Å²) in [6.45, 7) is 1.07. The van der Waals surface area contributed by atoms with Gasteiger partial charge in [-0.15, -0.1) is 0 Å². The molecule has 0 unspecified atom stereocenters. The van der Waals surface area contributed by atoms with Gasteiger partial charge < -0.3 is 4.90 Å². The monoisotopic (exact) mass is 357 g/mol. The molecule has 0 aliphatic carbocycles. The van der Waals surface area contributed by atoms with Crippen molar-refractivity contribution in [3.8, 4) is 0 Å². The summed E-state index contributed by atoms with van der Waals surface area (Å²) in [6.07, 6.45) is 0.441. The van der Waals surface area contributed by atoms with E-state index in [1.165, 1.54) is 0 Å². The van der Waals surface area contributed by atoms with E-state index in [9.17, 15) is 9.59 Å². The first-order valence-electron chi connectivity index (χ1n) is 9.16. The van der Waals surface area contributed by atoms with E-state index in [1.807, 2.05) is 83.8 Å². The summed E-state index contributed by atoms with van der Waals surface area (Å²) in [5.74, 6) is -0.00434. The summed E-state index contributed by atoms with van der Waals surface area (Å²) >= 11 is 0. The van der Waals surface area contributed by atoms with Crippen molar-refractivity contribution < 1.29 is 9.59 Å². The van der Waals surface area contributed by atoms with E-state index in [0.29, 0.717) is 18.7 Å². The van der Waals surface area contributed by atoms with Gasteiger partial charge in [-0.2, -0.15) is 0 Å². The molecule has 3 rings (SSSR count). The first-order chi connectivity index (χ1) is 13.2. The maximum Gasteiger partial charge on any atom is 0.223 e. The first kappa shape index (κ1) is 18.6. The summed E-state index contributed by atoms with van der Waals surface area (Å²) in [4.78, 5) is 27.0. The minimum atomic E-state index is -0.00742. The predicted octanol–water partition coefficient (Wildman–Crippen LogP) is 4.88. The Morgan fingerprint density at radius 2 is 1.04 bits per heavy atom. The minimum absolute atomic E-state index is 0.00308. The summed E-state index contributed by atoms with van der Waals surface area (Å²) < 4.78 is 0. The van der Waals surface area contributed by atoms with E-state index >= 15 is 0 Å². The Bertz CT molecular complexity index is 819. The van der Waals surface area contributed by atoms with Gasteiger partial charge >= 0.3 is 0 Å². The van der Waals surface area contributed by atoms with Gasteiger partial charge in [0.05, 0.1) is 0 Å². The van der Waals surface area contributed by atoms with E-state index in [-0.39, 0.29) is 24.5 Å². The molecule has 0 fully saturated rings. The molecule has 3 aromatic rings. The second-order valence-corrected chi connectivity index (χ2v) is 6.51. The number of hydrogen-bond donors (Lipinski definition) is 0. The summed E-state index contributed by atoms with van der Waals surface area (Å²) in [5, 5.41) is 0. The summed E-state index contributed by atoms with van der Waals surface area (Å²) in [6, 6.07) is 29.0. The molecule has 0 atom stereocenters. The zero-order valence-corrected chi connectivity index (χ0v) is 15.3. The molecule has 0 spiro atoms. The van der Waals surface area contributed by atoms with Crippen LogP contribution in [0.4, 0.5) is 0 Å². The van der Waals surface area contributed by atoms with Gasteiger partial charge in [-0.3, -0.25) is 9.59 Å². The van der Waals surface area contributed by atoms with E-state index in [0.717, 1.165) is 11.1 Å². The third-order valence-corrected chi connectivity index (χ3v) is 4.45. The average molecular weight is 357 g/mol. The fraction of sp³-hybridized carbons (Fsp3) is 0.167. The minimum Gasteiger partial charge on any atom is -0.334 e. The van der Waals surface area contributed by atoms with Crippen LogP contribution in [0.3, 0.4) is 0 Å². The Hall–Kier alpha value is -3.20. The van der Waals surface area contributed by atoms with Gasteiger partial charge in [0.25, 0.3) is 0 Å². The number of benzene rings is 3. The van der Waals surface area contributed by atoms with Crippen molar-refractivity contribution in [1.29, 1.82) is 0 Å². The highest BCUT2D eigenvalue weighted by molar-refractivity contribution is 5.97. The molecule has 3 nitrogen and oxygen atoms in total. The quantitative estimate of drug-likeness (QED) is 0.539. The van der Waals surface area contributed by atoms with Crippen LogP contribution in [-0.2, 0) is 17.9 Å². The van der Waals surface area contributed by atoms with Crippen molar-refractivity contribution in [3.05, 3.63) is 108 Å². The van der Waals surface area contributed by atoms with Crippen LogP contribution in [0.1, 0.15) is 34.3 Å². The van der Waals surface area contributed by atoms with Crippen LogP contribution in [0.25, 0.3) is 0 Å². The average Bonchev–Trinajstić information content (AvgIpc) is 2.73. The topological polar surface area (TPSA) is 37.4 Å². The molecular formula is C24H23NO2. The van der Waals surface area contributed by atoms with Gasteiger partial charge in [-0.1, -0.05) is 91.0 Å². The summed E-state index contributed by atoms with van der Waals surface area (Å²) in [5.41, 5.74) is 2.82. The molecule has 0 aromatic heterocycles. The molecule has 136 valence electrons. The molecule has 0 heterocycles. The Morgan fingerprint density at radius 1 is 0.593 bits per heavy atom. The van der Waals surface area contributed by atoms with Gasteiger partial charge in [0.1, 0.15) is 0 Å². The zero-order chi connectivity index (χ0) is 18.9. The maximum absolute atomic E-state index is 12.9. The molecule has 3 heteroatoms. The second kappa shape index (κ2) is 9.48. The Kier molecular flexibility index (Phi) is 6.53. The number of Topliss-reactive ketones (excluding diaryl/α,β-unsaturated/α-hetero) is 1. The Labute approximate surface area is 160 Å². The van der Waals surface area contributed by atoms with Crippen LogP contribution in [-0.4, -0.2) is 16.6 Å². The molecule has 0 saturated carbocycles. The SMILES string of the molecule is O=C(CCC(=O)N(Cc1ccccc1)Cc1ccccc1)c1ccccc1. The van der Waals surface area contributed by atoms with Crippen molar-refractivity contribution in [2.45, 2.75) is 25.9 Å². The van der Waals surface area contributed by atoms with Gasteiger partial charge in [0.2, 0.25) is 5.91 Å². The van der Waals surface area contributed by atoms with Crippen LogP contribution in [0.15, 0.2) is 91.0 Å². The fourth-order valence-corrected chi connectivity index (χ4v) is 2.99. The number of hydrogen-bond acceptors (Lipinski definition) is 2. The van der Waals surface area contributed by atoms with Crippen LogP contribution in [0.5, 0.6) is 0 Å². The highest BCUT2D eigenvalue weighted by Gasteiger charge is 2.16. The van der Waals surface area contributed by atoms with E-state index in [1.54, 1.807) is 12.1 Å². The molecule has 0 radical (unpaired) electrons. The molecule has 0 N–H and O–H groups in total. The number of carbonyl (C=O) groups excluding carboxylic acids is 2. The van der Waals surface area contributed by atoms with Crippen LogP contribution in [0.2, 0.25) is 0 Å². The highest BCUT2D eigenvalue weighted by Crippen LogP contribution is 2.13. The molecule has 0 bridgehead atoms. The van der Waals surface area contributed by atoms with E-state index in [4.69, 9.17) is 0 Å². The normalized spacial score (nSPS) is 10.4. The fourth-order valence-electron chi connectivity index (χ4n) is 2.99. The third-order valence-electron chi connectivity index (χ3n) is 4.45. The highest BCUT2D eigenvalue weighted by atomic mass is 16.2. The summed E-state index contributed by atoms with van der Waals surface area (Å²) in [7, 11) is 0. The molecule has 0 aliphatic heterocycles. The van der Waals surface area contributed by atoms with E-state index in [2.05, 4.69) is 0 Å². The maximum atomic E-state index is 12.9. The largest absolute Gasteiger partial charge is 0.334 e. The molecular weight excluding hydrogens is 334 g/mol. The number of rotatable bonds is 8. The lowest BCUT2D eigenvalue weighted by Crippen LogP contribution is -2.30. The third kappa shape index (κ3) is 5.65. The lowest BCUT2D eigenvalue weighted by molar-refractivity contribution is -0.132. The van der Waals surface area contributed by atoms with Crippen LogP contribution < -0.4 is 0 Å². The number of carbonyl (C=O) groups is 2.